The van der Waals surface area contributed by atoms with Gasteiger partial charge in [-0.3, -0.25) is 0 Å². The summed E-state index contributed by atoms with van der Waals surface area (Å²) in [6.07, 6.45) is 2.16. The summed E-state index contributed by atoms with van der Waals surface area (Å²) in [6.45, 7) is 0.536. The maximum atomic E-state index is 8.95. The maximum Gasteiger partial charge on any atom is 0.245 e. The SMILES string of the molecule is OCCN(c1nc(Cl)nnc1Cl)C1CC1. The summed E-state index contributed by atoms with van der Waals surface area (Å²) in [6, 6.07) is 0.391. The molecule has 82 valence electrons. The summed E-state index contributed by atoms with van der Waals surface area (Å²) < 4.78 is 0. The predicted octanol–water partition coefficient (Wildman–Crippen LogP) is 1.14. The molecule has 0 saturated heterocycles. The number of anilines is 1. The fraction of sp³-hybridized carbons (Fsp3) is 0.625. The molecule has 0 bridgehead atoms. The Labute approximate surface area is 97.0 Å². The van der Waals surface area contributed by atoms with Crippen LogP contribution in [-0.2, 0) is 0 Å². The molecule has 0 unspecified atom stereocenters. The van der Waals surface area contributed by atoms with Gasteiger partial charge in [-0.05, 0) is 24.4 Å². The van der Waals surface area contributed by atoms with Crippen LogP contribution in [-0.4, -0.2) is 39.5 Å². The van der Waals surface area contributed by atoms with E-state index in [1.165, 1.54) is 0 Å². The number of halogens is 2. The van der Waals surface area contributed by atoms with Crippen molar-refractivity contribution in [2.24, 2.45) is 0 Å². The second-order valence-electron chi connectivity index (χ2n) is 3.34. The Balaban J connectivity index is 2.27. The number of hydrogen-bond donors (Lipinski definition) is 1. The number of aromatic nitrogens is 3. The Morgan fingerprint density at radius 1 is 1.33 bits per heavy atom. The fourth-order valence-electron chi connectivity index (χ4n) is 1.42. The summed E-state index contributed by atoms with van der Waals surface area (Å²) in [5.41, 5.74) is 0. The van der Waals surface area contributed by atoms with E-state index < -0.39 is 0 Å². The second-order valence-corrected chi connectivity index (χ2v) is 4.04. The zero-order valence-corrected chi connectivity index (χ0v) is 9.41. The Bertz CT molecular complexity index is 358. The van der Waals surface area contributed by atoms with Gasteiger partial charge in [0.25, 0.3) is 0 Å². The molecule has 0 atom stereocenters. The quantitative estimate of drug-likeness (QED) is 0.866. The molecular weight excluding hydrogens is 239 g/mol. The summed E-state index contributed by atoms with van der Waals surface area (Å²) in [5, 5.41) is 16.5. The molecule has 1 aromatic heterocycles. The van der Waals surface area contributed by atoms with Crippen molar-refractivity contribution >= 4 is 29.0 Å². The standard InChI is InChI=1S/C8H10Cl2N4O/c9-6-7(11-8(10)13-12-6)14(3-4-15)5-1-2-5/h5,15H,1-4H2. The highest BCUT2D eigenvalue weighted by Gasteiger charge is 2.31. The third-order valence-electron chi connectivity index (χ3n) is 2.20. The van der Waals surface area contributed by atoms with Crippen molar-refractivity contribution in [3.8, 4) is 0 Å². The van der Waals surface area contributed by atoms with Gasteiger partial charge in [0, 0.05) is 12.6 Å². The number of nitrogens with zero attached hydrogens (tertiary/aromatic N) is 4. The first-order valence-corrected chi connectivity index (χ1v) is 5.41. The zero-order chi connectivity index (χ0) is 10.8. The molecule has 7 heteroatoms. The van der Waals surface area contributed by atoms with Crippen LogP contribution in [0.1, 0.15) is 12.8 Å². The van der Waals surface area contributed by atoms with E-state index in [2.05, 4.69) is 15.2 Å². The predicted molar refractivity (Wildman–Crippen MR) is 57.3 cm³/mol. The molecule has 0 aromatic carbocycles. The smallest absolute Gasteiger partial charge is 0.245 e. The van der Waals surface area contributed by atoms with Crippen LogP contribution in [0.15, 0.2) is 0 Å². The van der Waals surface area contributed by atoms with Gasteiger partial charge in [-0.15, -0.1) is 10.2 Å². The monoisotopic (exact) mass is 248 g/mol. The Hall–Kier alpha value is -0.650. The average Bonchev–Trinajstić information content (AvgIpc) is 3.02. The van der Waals surface area contributed by atoms with Gasteiger partial charge in [0.05, 0.1) is 6.61 Å². The Morgan fingerprint density at radius 2 is 2.07 bits per heavy atom. The molecule has 0 aliphatic heterocycles. The zero-order valence-electron chi connectivity index (χ0n) is 7.90. The molecule has 2 rings (SSSR count). The Kier molecular flexibility index (Phi) is 3.23. The van der Waals surface area contributed by atoms with Crippen LogP contribution in [0.25, 0.3) is 0 Å². The van der Waals surface area contributed by atoms with Crippen molar-refractivity contribution in [2.75, 3.05) is 18.1 Å². The van der Waals surface area contributed by atoms with E-state index in [4.69, 9.17) is 28.3 Å². The maximum absolute atomic E-state index is 8.95. The first-order chi connectivity index (χ1) is 7.22. The highest BCUT2D eigenvalue weighted by atomic mass is 35.5. The van der Waals surface area contributed by atoms with Crippen molar-refractivity contribution in [1.82, 2.24) is 15.2 Å². The lowest BCUT2D eigenvalue weighted by atomic mass is 10.4. The van der Waals surface area contributed by atoms with E-state index in [1.807, 2.05) is 4.90 Å². The molecule has 15 heavy (non-hydrogen) atoms. The van der Waals surface area contributed by atoms with E-state index >= 15 is 0 Å². The van der Waals surface area contributed by atoms with Crippen LogP contribution < -0.4 is 4.90 Å². The molecule has 5 nitrogen and oxygen atoms in total. The first-order valence-electron chi connectivity index (χ1n) is 4.65. The van der Waals surface area contributed by atoms with Crippen LogP contribution in [0.3, 0.4) is 0 Å². The average molecular weight is 249 g/mol. The third kappa shape index (κ3) is 2.48. The molecule has 1 N–H and O–H groups in total. The molecule has 1 fully saturated rings. The van der Waals surface area contributed by atoms with Gasteiger partial charge in [0.15, 0.2) is 11.0 Å². The Morgan fingerprint density at radius 3 is 2.67 bits per heavy atom. The number of rotatable bonds is 4. The van der Waals surface area contributed by atoms with Gasteiger partial charge >= 0.3 is 0 Å². The van der Waals surface area contributed by atoms with E-state index in [9.17, 15) is 0 Å². The van der Waals surface area contributed by atoms with Crippen LogP contribution in [0.4, 0.5) is 5.82 Å². The van der Waals surface area contributed by atoms with E-state index in [0.717, 1.165) is 12.8 Å². The molecule has 1 aliphatic rings. The minimum absolute atomic E-state index is 0.0501. The van der Waals surface area contributed by atoms with E-state index in [-0.39, 0.29) is 17.0 Å². The third-order valence-corrected chi connectivity index (χ3v) is 2.61. The largest absolute Gasteiger partial charge is 0.395 e. The highest BCUT2D eigenvalue weighted by molar-refractivity contribution is 6.32. The van der Waals surface area contributed by atoms with Crippen LogP contribution in [0.2, 0.25) is 10.4 Å². The van der Waals surface area contributed by atoms with Gasteiger partial charge in [-0.2, -0.15) is 4.98 Å². The summed E-state index contributed by atoms with van der Waals surface area (Å²) in [5.74, 6) is 0.508. The molecule has 0 spiro atoms. The van der Waals surface area contributed by atoms with Crippen LogP contribution >= 0.6 is 23.2 Å². The van der Waals surface area contributed by atoms with Crippen LogP contribution in [0.5, 0.6) is 0 Å². The number of aliphatic hydroxyl groups excluding tert-OH is 1. The van der Waals surface area contributed by atoms with Gasteiger partial charge in [-0.1, -0.05) is 11.6 Å². The minimum Gasteiger partial charge on any atom is -0.395 e. The van der Waals surface area contributed by atoms with Crippen molar-refractivity contribution in [1.29, 1.82) is 0 Å². The first kappa shape index (κ1) is 10.9. The number of aliphatic hydroxyl groups is 1. The minimum atomic E-state index is 0.0501. The lowest BCUT2D eigenvalue weighted by molar-refractivity contribution is 0.301. The summed E-state index contributed by atoms with van der Waals surface area (Å²) >= 11 is 11.5. The van der Waals surface area contributed by atoms with Crippen molar-refractivity contribution < 1.29 is 5.11 Å². The molecule has 1 heterocycles. The van der Waals surface area contributed by atoms with Crippen molar-refractivity contribution in [2.45, 2.75) is 18.9 Å². The normalized spacial score (nSPS) is 15.4. The highest BCUT2D eigenvalue weighted by Crippen LogP contribution is 2.33. The topological polar surface area (TPSA) is 62.1 Å². The summed E-state index contributed by atoms with van der Waals surface area (Å²) in [4.78, 5) is 5.95. The molecule has 0 radical (unpaired) electrons. The van der Waals surface area contributed by atoms with Gasteiger partial charge in [-0.25, -0.2) is 0 Å². The molecule has 0 amide bonds. The lowest BCUT2D eigenvalue weighted by Gasteiger charge is -2.22. The molecule has 1 saturated carbocycles. The van der Waals surface area contributed by atoms with E-state index in [1.54, 1.807) is 0 Å². The molecule has 1 aliphatic carbocycles. The van der Waals surface area contributed by atoms with Crippen molar-refractivity contribution in [3.63, 3.8) is 0 Å². The lowest BCUT2D eigenvalue weighted by Crippen LogP contribution is -2.30. The second kappa shape index (κ2) is 4.47. The van der Waals surface area contributed by atoms with Gasteiger partial charge in [0.1, 0.15) is 0 Å². The fourth-order valence-corrected chi connectivity index (χ4v) is 1.73. The van der Waals surface area contributed by atoms with Gasteiger partial charge in [0.2, 0.25) is 5.28 Å². The molecular formula is C8H10Cl2N4O. The summed E-state index contributed by atoms with van der Waals surface area (Å²) in [7, 11) is 0. The molecule has 1 aromatic rings. The van der Waals surface area contributed by atoms with E-state index in [0.29, 0.717) is 18.4 Å². The van der Waals surface area contributed by atoms with Gasteiger partial charge < -0.3 is 10.0 Å². The van der Waals surface area contributed by atoms with Crippen LogP contribution in [0, 0.1) is 0 Å². The van der Waals surface area contributed by atoms with Crippen molar-refractivity contribution in [3.05, 3.63) is 10.4 Å². The number of hydrogen-bond acceptors (Lipinski definition) is 5.